The minimum Gasteiger partial charge on any atom is -0.352 e. The number of guanidine groups is 1. The number of aliphatic imine (C=N–C) groups is 1. The minimum atomic E-state index is -4.42. The zero-order valence-corrected chi connectivity index (χ0v) is 13.5. The highest BCUT2D eigenvalue weighted by molar-refractivity contribution is 6.31. The molecule has 0 bridgehead atoms. The predicted octanol–water partition coefficient (Wildman–Crippen LogP) is 2.03. The van der Waals surface area contributed by atoms with Gasteiger partial charge in [-0.1, -0.05) is 29.8 Å². The molecule has 1 aromatic rings. The maximum atomic E-state index is 12.2. The van der Waals surface area contributed by atoms with Gasteiger partial charge in [0.15, 0.2) is 5.96 Å². The van der Waals surface area contributed by atoms with Gasteiger partial charge in [0.05, 0.1) is 6.54 Å². The molecule has 0 fully saturated rings. The van der Waals surface area contributed by atoms with Gasteiger partial charge in [0.25, 0.3) is 0 Å². The number of hydrogen-bond donors (Lipinski definition) is 2. The standard InChI is InChI=1S/C14H18ClF3N4O/c1-19-13(20-7-10-5-3-4-6-11(10)15)21-8-12(23)22(2)9-14(16,17)18/h3-6H,7-9H2,1-2H3,(H2,19,20,21). The van der Waals surface area contributed by atoms with Crippen LogP contribution in [-0.4, -0.2) is 50.1 Å². The smallest absolute Gasteiger partial charge is 0.352 e. The lowest BCUT2D eigenvalue weighted by molar-refractivity contribution is -0.157. The highest BCUT2D eigenvalue weighted by Crippen LogP contribution is 2.15. The van der Waals surface area contributed by atoms with E-state index in [2.05, 4.69) is 15.6 Å². The molecule has 0 saturated heterocycles. The van der Waals surface area contributed by atoms with E-state index in [9.17, 15) is 18.0 Å². The van der Waals surface area contributed by atoms with Crippen LogP contribution in [0.3, 0.4) is 0 Å². The van der Waals surface area contributed by atoms with Crippen molar-refractivity contribution in [1.82, 2.24) is 15.5 Å². The van der Waals surface area contributed by atoms with Crippen molar-refractivity contribution in [3.05, 3.63) is 34.9 Å². The van der Waals surface area contributed by atoms with E-state index in [0.29, 0.717) is 22.4 Å². The predicted molar refractivity (Wildman–Crippen MR) is 83.3 cm³/mol. The van der Waals surface area contributed by atoms with E-state index in [1.165, 1.54) is 7.05 Å². The fourth-order valence-electron chi connectivity index (χ4n) is 1.69. The van der Waals surface area contributed by atoms with E-state index in [0.717, 1.165) is 12.6 Å². The Morgan fingerprint density at radius 1 is 1.30 bits per heavy atom. The Labute approximate surface area is 137 Å². The molecular formula is C14H18ClF3N4O. The van der Waals surface area contributed by atoms with Crippen molar-refractivity contribution in [2.45, 2.75) is 12.7 Å². The minimum absolute atomic E-state index is 0.290. The molecule has 0 saturated carbocycles. The second-order valence-electron chi connectivity index (χ2n) is 4.74. The summed E-state index contributed by atoms with van der Waals surface area (Å²) >= 11 is 6.01. The van der Waals surface area contributed by atoms with Crippen molar-refractivity contribution in [2.24, 2.45) is 4.99 Å². The van der Waals surface area contributed by atoms with Crippen molar-refractivity contribution in [3.8, 4) is 0 Å². The third kappa shape index (κ3) is 7.23. The molecule has 2 N–H and O–H groups in total. The Bertz CT molecular complexity index is 563. The maximum Gasteiger partial charge on any atom is 0.406 e. The van der Waals surface area contributed by atoms with Crippen LogP contribution in [0.2, 0.25) is 5.02 Å². The zero-order valence-electron chi connectivity index (χ0n) is 12.7. The Morgan fingerprint density at radius 3 is 2.52 bits per heavy atom. The van der Waals surface area contributed by atoms with Gasteiger partial charge in [-0.25, -0.2) is 0 Å². The third-order valence-corrected chi connectivity index (χ3v) is 3.25. The molecule has 1 rings (SSSR count). The molecule has 0 atom stereocenters. The summed E-state index contributed by atoms with van der Waals surface area (Å²) in [5, 5.41) is 6.17. The summed E-state index contributed by atoms with van der Waals surface area (Å²) in [7, 11) is 2.59. The molecule has 5 nitrogen and oxygen atoms in total. The average molecular weight is 351 g/mol. The van der Waals surface area contributed by atoms with Gasteiger partial charge in [-0.3, -0.25) is 9.79 Å². The van der Waals surface area contributed by atoms with Crippen LogP contribution in [0.15, 0.2) is 29.3 Å². The van der Waals surface area contributed by atoms with Crippen LogP contribution < -0.4 is 10.6 Å². The van der Waals surface area contributed by atoms with E-state index >= 15 is 0 Å². The van der Waals surface area contributed by atoms with E-state index in [-0.39, 0.29) is 6.54 Å². The number of amides is 1. The van der Waals surface area contributed by atoms with E-state index in [4.69, 9.17) is 11.6 Å². The first kappa shape index (κ1) is 19.1. The van der Waals surface area contributed by atoms with Crippen LogP contribution in [-0.2, 0) is 11.3 Å². The van der Waals surface area contributed by atoms with Gasteiger partial charge in [0, 0.05) is 25.7 Å². The molecule has 0 aliphatic rings. The van der Waals surface area contributed by atoms with Crippen LogP contribution in [0.4, 0.5) is 13.2 Å². The molecule has 1 amide bonds. The normalized spacial score (nSPS) is 12.0. The fourth-order valence-corrected chi connectivity index (χ4v) is 1.90. The first-order valence-corrected chi connectivity index (χ1v) is 7.09. The second-order valence-corrected chi connectivity index (χ2v) is 5.14. The first-order valence-electron chi connectivity index (χ1n) is 6.71. The number of likely N-dealkylation sites (N-methyl/N-ethyl adjacent to an activating group) is 1. The summed E-state index contributed by atoms with van der Waals surface area (Å²) in [5.41, 5.74) is 0.831. The van der Waals surface area contributed by atoms with Crippen LogP contribution in [0, 0.1) is 0 Å². The van der Waals surface area contributed by atoms with Gasteiger partial charge >= 0.3 is 6.18 Å². The van der Waals surface area contributed by atoms with E-state index < -0.39 is 18.6 Å². The van der Waals surface area contributed by atoms with Crippen LogP contribution >= 0.6 is 11.6 Å². The lowest BCUT2D eigenvalue weighted by atomic mass is 10.2. The van der Waals surface area contributed by atoms with Crippen LogP contribution in [0.25, 0.3) is 0 Å². The summed E-state index contributed by atoms with van der Waals surface area (Å²) in [4.78, 5) is 16.1. The summed E-state index contributed by atoms with van der Waals surface area (Å²) < 4.78 is 36.6. The Kier molecular flexibility index (Phi) is 7.15. The van der Waals surface area contributed by atoms with Gasteiger partial charge in [-0.2, -0.15) is 13.2 Å². The number of alkyl halides is 3. The Morgan fingerprint density at radius 2 is 1.96 bits per heavy atom. The number of rotatable bonds is 5. The quantitative estimate of drug-likeness (QED) is 0.631. The number of nitrogens with one attached hydrogen (secondary N) is 2. The number of benzene rings is 1. The van der Waals surface area contributed by atoms with Crippen molar-refractivity contribution in [1.29, 1.82) is 0 Å². The van der Waals surface area contributed by atoms with Crippen molar-refractivity contribution in [3.63, 3.8) is 0 Å². The van der Waals surface area contributed by atoms with Gasteiger partial charge < -0.3 is 15.5 Å². The largest absolute Gasteiger partial charge is 0.406 e. The summed E-state index contributed by atoms with van der Waals surface area (Å²) in [6, 6.07) is 7.19. The molecule has 0 spiro atoms. The van der Waals surface area contributed by atoms with E-state index in [1.54, 1.807) is 12.1 Å². The SMILES string of the molecule is CN=C(NCC(=O)N(C)CC(F)(F)F)NCc1ccccc1Cl. The topological polar surface area (TPSA) is 56.7 Å². The van der Waals surface area contributed by atoms with Gasteiger partial charge in [-0.15, -0.1) is 0 Å². The number of carbonyl (C=O) groups excluding carboxylic acids is 1. The average Bonchev–Trinajstić information content (AvgIpc) is 2.47. The number of nitrogens with zero attached hydrogens (tertiary/aromatic N) is 2. The van der Waals surface area contributed by atoms with Crippen molar-refractivity contribution in [2.75, 3.05) is 27.2 Å². The van der Waals surface area contributed by atoms with Gasteiger partial charge in [-0.05, 0) is 11.6 Å². The summed E-state index contributed by atoms with van der Waals surface area (Å²) in [6.45, 7) is -1.22. The number of hydrogen-bond acceptors (Lipinski definition) is 2. The highest BCUT2D eigenvalue weighted by Gasteiger charge is 2.31. The second kappa shape index (κ2) is 8.61. The number of halogens is 4. The molecule has 0 aliphatic carbocycles. The van der Waals surface area contributed by atoms with Crippen molar-refractivity contribution >= 4 is 23.5 Å². The molecule has 0 aliphatic heterocycles. The lowest BCUT2D eigenvalue weighted by Gasteiger charge is -2.20. The zero-order chi connectivity index (χ0) is 17.5. The van der Waals surface area contributed by atoms with Crippen LogP contribution in [0.5, 0.6) is 0 Å². The fraction of sp³-hybridized carbons (Fsp3) is 0.429. The molecule has 0 heterocycles. The molecule has 0 unspecified atom stereocenters. The van der Waals surface area contributed by atoms with Crippen LogP contribution in [0.1, 0.15) is 5.56 Å². The molecule has 9 heteroatoms. The Balaban J connectivity index is 2.45. The van der Waals surface area contributed by atoms with Gasteiger partial charge in [0.1, 0.15) is 6.54 Å². The van der Waals surface area contributed by atoms with Gasteiger partial charge in [0.2, 0.25) is 5.91 Å². The molecule has 23 heavy (non-hydrogen) atoms. The Hall–Kier alpha value is -1.96. The number of carbonyl (C=O) groups is 1. The monoisotopic (exact) mass is 350 g/mol. The molecule has 0 radical (unpaired) electrons. The summed E-state index contributed by atoms with van der Waals surface area (Å²) in [5.74, 6) is -0.401. The highest BCUT2D eigenvalue weighted by atomic mass is 35.5. The third-order valence-electron chi connectivity index (χ3n) is 2.88. The maximum absolute atomic E-state index is 12.2. The molecule has 1 aromatic carbocycles. The summed E-state index contributed by atoms with van der Waals surface area (Å²) in [6.07, 6.45) is -4.42. The molecular weight excluding hydrogens is 333 g/mol. The first-order chi connectivity index (χ1) is 10.7. The van der Waals surface area contributed by atoms with E-state index in [1.807, 2.05) is 12.1 Å². The molecule has 0 aromatic heterocycles. The lowest BCUT2D eigenvalue weighted by Crippen LogP contribution is -2.45. The molecule has 128 valence electrons. The van der Waals surface area contributed by atoms with Crippen molar-refractivity contribution < 1.29 is 18.0 Å².